The van der Waals surface area contributed by atoms with Gasteiger partial charge in [-0.2, -0.15) is 15.0 Å². The second-order valence-corrected chi connectivity index (χ2v) is 14.7. The number of fused-ring (bicyclic) bond motifs is 1. The predicted octanol–water partition coefficient (Wildman–Crippen LogP) is 7.95. The number of carbonyl (C=O) groups excluding carboxylic acids is 1. The molecule has 3 aromatic carbocycles. The number of hydrogen-bond donors (Lipinski definition) is 1. The Morgan fingerprint density at radius 1 is 0.778 bits per heavy atom. The third kappa shape index (κ3) is 9.96. The van der Waals surface area contributed by atoms with Crippen LogP contribution in [0.25, 0.3) is 33.3 Å². The molecule has 2 saturated carbocycles. The average Bonchev–Trinajstić information content (AvgIpc) is 3.59. The predicted molar refractivity (Wildman–Crippen MR) is 182 cm³/mol. The summed E-state index contributed by atoms with van der Waals surface area (Å²) in [6.07, 6.45) is 6.47. The van der Waals surface area contributed by atoms with Gasteiger partial charge in [0.1, 0.15) is 17.5 Å². The fourth-order valence-electron chi connectivity index (χ4n) is 4.98. The van der Waals surface area contributed by atoms with E-state index in [-0.39, 0.29) is 35.3 Å². The van der Waals surface area contributed by atoms with Crippen molar-refractivity contribution >= 4 is 26.8 Å². The van der Waals surface area contributed by atoms with Gasteiger partial charge in [0.05, 0.1) is 17.2 Å². The number of benzene rings is 3. The number of sulfonamides is 1. The minimum atomic E-state index is -2.94. The number of nitrogens with one attached hydrogen (secondary N) is 1. The normalized spacial score (nSPS) is 15.1. The number of nitrogens with zero attached hydrogens (tertiary/aromatic N) is 3. The second kappa shape index (κ2) is 15.6. The number of aromatic nitrogens is 3. The van der Waals surface area contributed by atoms with Crippen molar-refractivity contribution in [3.05, 3.63) is 72.8 Å². The molecule has 6 rings (SSSR count). The molecule has 4 aromatic rings. The zero-order chi connectivity index (χ0) is 32.6. The van der Waals surface area contributed by atoms with Gasteiger partial charge in [0.15, 0.2) is 0 Å². The van der Waals surface area contributed by atoms with E-state index in [1.165, 1.54) is 23.6 Å². The zero-order valence-corrected chi connectivity index (χ0v) is 28.3. The molecule has 1 heterocycles. The molecule has 0 spiro atoms. The summed E-state index contributed by atoms with van der Waals surface area (Å²) in [5.74, 6) is -0.0208. The maximum atomic E-state index is 11.1. The number of carbonyl (C=O) groups is 1. The average molecular weight is 633 g/mol. The van der Waals surface area contributed by atoms with Gasteiger partial charge in [-0.05, 0) is 83.1 Å². The Balaban J connectivity index is 0.000000182. The quantitative estimate of drug-likeness (QED) is 0.198. The molecule has 0 saturated heterocycles. The maximum Gasteiger partial charge on any atom is 0.308 e. The van der Waals surface area contributed by atoms with Gasteiger partial charge in [0.2, 0.25) is 10.0 Å². The molecule has 1 aromatic heterocycles. The Kier molecular flexibility index (Phi) is 11.9. The van der Waals surface area contributed by atoms with E-state index in [2.05, 4.69) is 73.2 Å². The molecule has 0 unspecified atom stereocenters. The fraction of sp³-hybridized carbons (Fsp3) is 0.472. The monoisotopic (exact) mass is 632 g/mol. The van der Waals surface area contributed by atoms with Gasteiger partial charge in [-0.15, -0.1) is 0 Å². The van der Waals surface area contributed by atoms with Crippen LogP contribution in [0.15, 0.2) is 72.8 Å². The molecule has 2 aliphatic carbocycles. The molecule has 1 N–H and O–H groups in total. The van der Waals surface area contributed by atoms with Crippen LogP contribution < -0.4 is 4.72 Å². The van der Waals surface area contributed by atoms with E-state index in [4.69, 9.17) is 14.9 Å². The summed E-state index contributed by atoms with van der Waals surface area (Å²) >= 11 is 0. The van der Waals surface area contributed by atoms with Gasteiger partial charge < -0.3 is 4.74 Å². The Morgan fingerprint density at radius 3 is 1.91 bits per heavy atom. The van der Waals surface area contributed by atoms with Crippen LogP contribution in [0.2, 0.25) is 0 Å². The molecule has 0 atom stereocenters. The molecule has 0 radical (unpaired) electrons. The van der Waals surface area contributed by atoms with Gasteiger partial charge in [-0.25, -0.2) is 13.1 Å². The lowest BCUT2D eigenvalue weighted by Crippen LogP contribution is -2.32. The number of esters is 1. The van der Waals surface area contributed by atoms with Crippen molar-refractivity contribution in [3.63, 3.8) is 0 Å². The highest BCUT2D eigenvalue weighted by molar-refractivity contribution is 7.90. The highest BCUT2D eigenvalue weighted by atomic mass is 32.2. The van der Waals surface area contributed by atoms with E-state index < -0.39 is 10.0 Å². The molecular weight excluding hydrogens is 584 g/mol. The van der Waals surface area contributed by atoms with E-state index in [9.17, 15) is 13.2 Å². The van der Waals surface area contributed by atoms with Crippen LogP contribution in [0.4, 0.5) is 0 Å². The minimum absolute atomic E-state index is 0.0237. The highest BCUT2D eigenvalue weighted by Crippen LogP contribution is 2.31. The molecule has 9 heteroatoms. The first-order valence-electron chi connectivity index (χ1n) is 16.2. The van der Waals surface area contributed by atoms with Crippen LogP contribution in [0.1, 0.15) is 86.1 Å². The molecule has 242 valence electrons. The molecule has 0 amide bonds. The summed E-state index contributed by atoms with van der Waals surface area (Å²) in [4.78, 5) is 12.9. The van der Waals surface area contributed by atoms with Crippen LogP contribution in [0, 0.1) is 5.92 Å². The van der Waals surface area contributed by atoms with Gasteiger partial charge in [0, 0.05) is 17.2 Å². The first-order valence-corrected chi connectivity index (χ1v) is 17.7. The number of ether oxygens (including phenoxy) is 1. The minimum Gasteiger partial charge on any atom is -0.462 e. The third-order valence-corrected chi connectivity index (χ3v) is 9.73. The lowest BCUT2D eigenvalue weighted by molar-refractivity contribution is -0.152. The number of rotatable bonds is 8. The second-order valence-electron chi connectivity index (χ2n) is 12.8. The van der Waals surface area contributed by atoms with Gasteiger partial charge in [-0.3, -0.25) is 4.79 Å². The number of hydrogen-bond acceptors (Lipinski definition) is 6. The van der Waals surface area contributed by atoms with E-state index in [0.29, 0.717) is 0 Å². The molecule has 0 aliphatic heterocycles. The van der Waals surface area contributed by atoms with Crippen molar-refractivity contribution in [2.45, 2.75) is 104 Å². The van der Waals surface area contributed by atoms with Crippen molar-refractivity contribution in [2.24, 2.45) is 5.92 Å². The summed E-state index contributed by atoms with van der Waals surface area (Å²) < 4.78 is 30.0. The van der Waals surface area contributed by atoms with Crippen LogP contribution in [0.5, 0.6) is 0 Å². The summed E-state index contributed by atoms with van der Waals surface area (Å²) in [5.41, 5.74) is 4.05. The van der Waals surface area contributed by atoms with Crippen molar-refractivity contribution in [2.75, 3.05) is 0 Å². The molecule has 45 heavy (non-hydrogen) atoms. The van der Waals surface area contributed by atoms with Crippen LogP contribution >= 0.6 is 0 Å². The van der Waals surface area contributed by atoms with Crippen molar-refractivity contribution in [3.8, 4) is 22.5 Å². The van der Waals surface area contributed by atoms with E-state index in [1.807, 2.05) is 45.9 Å². The zero-order valence-electron chi connectivity index (χ0n) is 27.4. The maximum absolute atomic E-state index is 11.1. The van der Waals surface area contributed by atoms with Crippen molar-refractivity contribution in [1.29, 1.82) is 0 Å². The van der Waals surface area contributed by atoms with E-state index in [1.54, 1.807) is 4.80 Å². The largest absolute Gasteiger partial charge is 0.462 e. The lowest BCUT2D eigenvalue weighted by Gasteiger charge is -2.12. The topological polar surface area (TPSA) is 103 Å². The first-order chi connectivity index (χ1) is 21.4. The van der Waals surface area contributed by atoms with E-state index >= 15 is 0 Å². The Bertz CT molecular complexity index is 1640. The summed E-state index contributed by atoms with van der Waals surface area (Å²) in [6, 6.07) is 25.4. The van der Waals surface area contributed by atoms with Crippen LogP contribution in [-0.2, 0) is 19.6 Å². The smallest absolute Gasteiger partial charge is 0.308 e. The van der Waals surface area contributed by atoms with Crippen LogP contribution in [0.3, 0.4) is 0 Å². The van der Waals surface area contributed by atoms with Gasteiger partial charge >= 0.3 is 5.97 Å². The van der Waals surface area contributed by atoms with Gasteiger partial charge in [-0.1, -0.05) is 80.6 Å². The van der Waals surface area contributed by atoms with E-state index in [0.717, 1.165) is 48.2 Å². The first kappa shape index (κ1) is 34.3. The summed E-state index contributed by atoms with van der Waals surface area (Å²) in [5, 5.41) is 11.9. The fourth-order valence-corrected chi connectivity index (χ4v) is 6.59. The van der Waals surface area contributed by atoms with Crippen molar-refractivity contribution < 1.29 is 17.9 Å². The lowest BCUT2D eigenvalue weighted by atomic mass is 10.0. The van der Waals surface area contributed by atoms with Crippen molar-refractivity contribution in [1.82, 2.24) is 19.7 Å². The summed E-state index contributed by atoms with van der Waals surface area (Å²) in [7, 11) is -2.94. The molecule has 8 nitrogen and oxygen atoms in total. The Labute approximate surface area is 268 Å². The molecule has 0 bridgehead atoms. The highest BCUT2D eigenvalue weighted by Gasteiger charge is 2.35. The Hall–Kier alpha value is -3.56. The molecule has 2 fully saturated rings. The van der Waals surface area contributed by atoms with Crippen LogP contribution in [-0.4, -0.2) is 46.8 Å². The van der Waals surface area contributed by atoms with Gasteiger partial charge in [0.25, 0.3) is 0 Å². The molecule has 2 aliphatic rings. The Morgan fingerprint density at radius 2 is 1.36 bits per heavy atom. The third-order valence-electron chi connectivity index (χ3n) is 7.58. The SMILES string of the molecule is CC(C)C(=O)OC1CCCC1.CC(C)NS(=O)(=O)C1CC1.CC(C)n1nc(-c2ccccc2)c(-c2ccc3ccccc3c2)n1. The standard InChI is InChI=1S/C21H19N3.C9H16O2.C6H13NO2S/c1-15(2)24-22-20(17-9-4-3-5-10-17)21(23-24)19-13-12-16-8-6-7-11-18(16)14-19;1-7(2)9(10)11-8-5-3-4-6-8;1-5(2)7-10(8,9)6-3-4-6/h3-15H,1-2H3;7-8H,3-6H2,1-2H3;5-7H,3-4H2,1-2H3. The molecular formula is C36H48N4O4S. The summed E-state index contributed by atoms with van der Waals surface area (Å²) in [6.45, 7) is 11.6.